The van der Waals surface area contributed by atoms with E-state index >= 15 is 0 Å². The lowest BCUT2D eigenvalue weighted by molar-refractivity contribution is -0.137. The molecule has 0 aromatic rings. The molecule has 1 amide bonds. The van der Waals surface area contributed by atoms with Crippen molar-refractivity contribution < 1.29 is 15.0 Å². The van der Waals surface area contributed by atoms with Gasteiger partial charge in [0.2, 0.25) is 5.91 Å². The van der Waals surface area contributed by atoms with Gasteiger partial charge in [-0.15, -0.1) is 0 Å². The molecule has 5 heteroatoms. The summed E-state index contributed by atoms with van der Waals surface area (Å²) in [6.07, 6.45) is -1.22. The van der Waals surface area contributed by atoms with Crippen molar-refractivity contribution in [3.8, 4) is 0 Å². The van der Waals surface area contributed by atoms with E-state index in [9.17, 15) is 9.90 Å². The monoisotopic (exact) mass is 204 g/mol. The lowest BCUT2D eigenvalue weighted by Crippen LogP contribution is -2.47. The molecule has 0 fully saturated rings. The van der Waals surface area contributed by atoms with Crippen LogP contribution in [-0.2, 0) is 4.79 Å². The summed E-state index contributed by atoms with van der Waals surface area (Å²) in [5.74, 6) is -0.499. The number of aliphatic hydroxyl groups is 2. The minimum Gasteiger partial charge on any atom is -0.396 e. The van der Waals surface area contributed by atoms with Crippen LogP contribution in [0.15, 0.2) is 0 Å². The van der Waals surface area contributed by atoms with Gasteiger partial charge in [-0.05, 0) is 6.92 Å². The molecule has 5 nitrogen and oxygen atoms in total. The van der Waals surface area contributed by atoms with Gasteiger partial charge in [0.15, 0.2) is 0 Å². The summed E-state index contributed by atoms with van der Waals surface area (Å²) in [7, 11) is 0. The highest BCUT2D eigenvalue weighted by Crippen LogP contribution is 2.19. The first kappa shape index (κ1) is 13.4. The molecule has 0 rings (SSSR count). The Bertz CT molecular complexity index is 192. The van der Waals surface area contributed by atoms with Crippen LogP contribution in [0.3, 0.4) is 0 Å². The second-order valence-corrected chi connectivity index (χ2v) is 4.27. The molecule has 5 N–H and O–H groups in total. The highest BCUT2D eigenvalue weighted by atomic mass is 16.3. The van der Waals surface area contributed by atoms with Crippen LogP contribution >= 0.6 is 0 Å². The standard InChI is InChI=1S/C9H20N2O3/c1-6(10)4-11-8(14)7(13)9(2,3)5-12/h6-7,12-13H,4-5,10H2,1-3H3,(H,11,14). The second-order valence-electron chi connectivity index (χ2n) is 4.27. The maximum atomic E-state index is 11.3. The van der Waals surface area contributed by atoms with Crippen LogP contribution in [0.4, 0.5) is 0 Å². The van der Waals surface area contributed by atoms with Crippen molar-refractivity contribution in [1.82, 2.24) is 5.32 Å². The predicted octanol–water partition coefficient (Wildman–Crippen LogP) is -1.17. The van der Waals surface area contributed by atoms with Crippen LogP contribution in [0.5, 0.6) is 0 Å². The second kappa shape index (κ2) is 5.29. The maximum Gasteiger partial charge on any atom is 0.249 e. The number of hydrogen-bond acceptors (Lipinski definition) is 4. The number of hydrogen-bond donors (Lipinski definition) is 4. The summed E-state index contributed by atoms with van der Waals surface area (Å²) < 4.78 is 0. The molecular formula is C9H20N2O3. The Labute approximate surface area is 84.3 Å². The number of nitrogens with two attached hydrogens (primary N) is 1. The van der Waals surface area contributed by atoms with E-state index < -0.39 is 17.4 Å². The summed E-state index contributed by atoms with van der Waals surface area (Å²) in [5, 5.41) is 21.0. The van der Waals surface area contributed by atoms with Crippen LogP contribution in [0.25, 0.3) is 0 Å². The molecule has 0 saturated carbocycles. The van der Waals surface area contributed by atoms with Crippen LogP contribution in [-0.4, -0.2) is 41.4 Å². The highest BCUT2D eigenvalue weighted by molar-refractivity contribution is 5.81. The average Bonchev–Trinajstić information content (AvgIpc) is 2.12. The van der Waals surface area contributed by atoms with Crippen molar-refractivity contribution in [2.24, 2.45) is 11.1 Å². The Morgan fingerprint density at radius 2 is 2.07 bits per heavy atom. The van der Waals surface area contributed by atoms with Gasteiger partial charge < -0.3 is 21.3 Å². The molecule has 14 heavy (non-hydrogen) atoms. The van der Waals surface area contributed by atoms with Crippen molar-refractivity contribution in [2.75, 3.05) is 13.2 Å². The summed E-state index contributed by atoms with van der Waals surface area (Å²) in [6.45, 7) is 5.05. The van der Waals surface area contributed by atoms with Crippen LogP contribution in [0, 0.1) is 5.41 Å². The van der Waals surface area contributed by atoms with Gasteiger partial charge in [0.1, 0.15) is 6.10 Å². The normalized spacial score (nSPS) is 16.1. The third-order valence-electron chi connectivity index (χ3n) is 1.99. The summed E-state index contributed by atoms with van der Waals surface area (Å²) in [4.78, 5) is 11.3. The lowest BCUT2D eigenvalue weighted by Gasteiger charge is -2.27. The van der Waals surface area contributed by atoms with Crippen molar-refractivity contribution >= 4 is 5.91 Å². The van der Waals surface area contributed by atoms with E-state index in [1.807, 2.05) is 0 Å². The fourth-order valence-corrected chi connectivity index (χ4v) is 0.800. The molecule has 2 unspecified atom stereocenters. The van der Waals surface area contributed by atoms with E-state index in [2.05, 4.69) is 5.32 Å². The van der Waals surface area contributed by atoms with Gasteiger partial charge in [0.05, 0.1) is 6.61 Å². The minimum absolute atomic E-state index is 0.150. The van der Waals surface area contributed by atoms with Crippen LogP contribution < -0.4 is 11.1 Å². The molecule has 0 aliphatic rings. The quantitative estimate of drug-likeness (QED) is 0.454. The van der Waals surface area contributed by atoms with E-state index in [-0.39, 0.29) is 12.6 Å². The lowest BCUT2D eigenvalue weighted by atomic mass is 9.87. The van der Waals surface area contributed by atoms with E-state index in [4.69, 9.17) is 10.8 Å². The van der Waals surface area contributed by atoms with Crippen LogP contribution in [0.2, 0.25) is 0 Å². The Morgan fingerprint density at radius 3 is 2.43 bits per heavy atom. The van der Waals surface area contributed by atoms with Gasteiger partial charge in [0, 0.05) is 18.0 Å². The molecule has 0 aromatic heterocycles. The Hall–Kier alpha value is -0.650. The van der Waals surface area contributed by atoms with Crippen LogP contribution in [0.1, 0.15) is 20.8 Å². The van der Waals surface area contributed by atoms with Crippen molar-refractivity contribution in [3.05, 3.63) is 0 Å². The molecule has 0 bridgehead atoms. The molecule has 0 aliphatic carbocycles. The number of aliphatic hydroxyl groups excluding tert-OH is 2. The molecule has 0 aliphatic heterocycles. The molecular weight excluding hydrogens is 184 g/mol. The third kappa shape index (κ3) is 4.04. The van der Waals surface area contributed by atoms with E-state index in [1.165, 1.54) is 0 Å². The third-order valence-corrected chi connectivity index (χ3v) is 1.99. The SMILES string of the molecule is CC(N)CNC(=O)C(O)C(C)(C)CO. The molecule has 0 heterocycles. The maximum absolute atomic E-state index is 11.3. The number of nitrogens with one attached hydrogen (secondary N) is 1. The molecule has 84 valence electrons. The number of rotatable bonds is 5. The van der Waals surface area contributed by atoms with Gasteiger partial charge in [-0.2, -0.15) is 0 Å². The predicted molar refractivity (Wildman–Crippen MR) is 53.5 cm³/mol. The topological polar surface area (TPSA) is 95.6 Å². The van der Waals surface area contributed by atoms with Gasteiger partial charge in [-0.1, -0.05) is 13.8 Å². The van der Waals surface area contributed by atoms with Gasteiger partial charge in [-0.3, -0.25) is 4.79 Å². The van der Waals surface area contributed by atoms with Crippen molar-refractivity contribution in [3.63, 3.8) is 0 Å². The average molecular weight is 204 g/mol. The Balaban J connectivity index is 4.12. The first-order chi connectivity index (χ1) is 6.31. The van der Waals surface area contributed by atoms with Gasteiger partial charge >= 0.3 is 0 Å². The molecule has 0 saturated heterocycles. The van der Waals surface area contributed by atoms with Gasteiger partial charge in [0.25, 0.3) is 0 Å². The highest BCUT2D eigenvalue weighted by Gasteiger charge is 2.32. The minimum atomic E-state index is -1.22. The summed E-state index contributed by atoms with van der Waals surface area (Å²) in [6, 6.07) is -0.150. The van der Waals surface area contributed by atoms with Crippen molar-refractivity contribution in [1.29, 1.82) is 0 Å². The summed E-state index contributed by atoms with van der Waals surface area (Å²) in [5.41, 5.74) is 4.61. The van der Waals surface area contributed by atoms with Gasteiger partial charge in [-0.25, -0.2) is 0 Å². The first-order valence-corrected chi connectivity index (χ1v) is 4.63. The van der Waals surface area contributed by atoms with E-state index in [0.29, 0.717) is 6.54 Å². The molecule has 0 aromatic carbocycles. The zero-order valence-electron chi connectivity index (χ0n) is 8.95. The zero-order chi connectivity index (χ0) is 11.4. The summed E-state index contributed by atoms with van der Waals surface area (Å²) >= 11 is 0. The van der Waals surface area contributed by atoms with Crippen molar-refractivity contribution in [2.45, 2.75) is 32.9 Å². The Kier molecular flexibility index (Phi) is 5.04. The number of carbonyl (C=O) groups excluding carboxylic acids is 1. The molecule has 0 spiro atoms. The molecule has 0 radical (unpaired) electrons. The first-order valence-electron chi connectivity index (χ1n) is 4.63. The van der Waals surface area contributed by atoms with E-state index in [0.717, 1.165) is 0 Å². The van der Waals surface area contributed by atoms with E-state index in [1.54, 1.807) is 20.8 Å². The fraction of sp³-hybridized carbons (Fsp3) is 0.889. The number of carbonyl (C=O) groups is 1. The zero-order valence-corrected chi connectivity index (χ0v) is 8.95. The fourth-order valence-electron chi connectivity index (χ4n) is 0.800. The molecule has 2 atom stereocenters. The largest absolute Gasteiger partial charge is 0.396 e. The Morgan fingerprint density at radius 1 is 1.57 bits per heavy atom. The number of amides is 1. The smallest absolute Gasteiger partial charge is 0.249 e.